The van der Waals surface area contributed by atoms with Crippen molar-refractivity contribution in [2.75, 3.05) is 19.5 Å². The van der Waals surface area contributed by atoms with Gasteiger partial charge in [-0.05, 0) is 48.4 Å². The van der Waals surface area contributed by atoms with Crippen LogP contribution in [0.4, 0.5) is 0 Å². The number of benzene rings is 3. The number of esters is 1. The quantitative estimate of drug-likeness (QED) is 0.255. The lowest BCUT2D eigenvalue weighted by molar-refractivity contribution is 0.0501. The van der Waals surface area contributed by atoms with Gasteiger partial charge in [0.15, 0.2) is 9.84 Å². The van der Waals surface area contributed by atoms with Crippen molar-refractivity contribution in [1.29, 1.82) is 0 Å². The Labute approximate surface area is 203 Å². The number of amides is 2. The SMILES string of the molecule is COc1ccc(CN2C(=O)c3ccccc3C2=O)cc1C(=O)OCCCS(=O)(=O)c1ccccc1. The van der Waals surface area contributed by atoms with Crippen LogP contribution in [0.3, 0.4) is 0 Å². The highest BCUT2D eigenvalue weighted by Gasteiger charge is 2.35. The number of nitrogens with zero attached hydrogens (tertiary/aromatic N) is 1. The molecule has 0 fully saturated rings. The Kier molecular flexibility index (Phi) is 6.97. The molecule has 0 N–H and O–H groups in total. The lowest BCUT2D eigenvalue weighted by Gasteiger charge is -2.16. The molecule has 35 heavy (non-hydrogen) atoms. The van der Waals surface area contributed by atoms with E-state index in [1.54, 1.807) is 54.6 Å². The summed E-state index contributed by atoms with van der Waals surface area (Å²) in [5.74, 6) is -1.39. The maximum atomic E-state index is 12.7. The van der Waals surface area contributed by atoms with Crippen LogP contribution in [-0.2, 0) is 21.1 Å². The van der Waals surface area contributed by atoms with Crippen LogP contribution < -0.4 is 4.74 Å². The van der Waals surface area contributed by atoms with Crippen molar-refractivity contribution in [2.45, 2.75) is 17.9 Å². The lowest BCUT2D eigenvalue weighted by Crippen LogP contribution is -2.29. The summed E-state index contributed by atoms with van der Waals surface area (Å²) < 4.78 is 35.3. The Morgan fingerprint density at radius 3 is 2.14 bits per heavy atom. The molecule has 0 unspecified atom stereocenters. The first-order valence-corrected chi connectivity index (χ1v) is 12.5. The van der Waals surface area contributed by atoms with E-state index in [1.165, 1.54) is 25.3 Å². The summed E-state index contributed by atoms with van der Waals surface area (Å²) in [4.78, 5) is 39.4. The maximum Gasteiger partial charge on any atom is 0.341 e. The average Bonchev–Trinajstić information content (AvgIpc) is 3.12. The van der Waals surface area contributed by atoms with Gasteiger partial charge in [-0.25, -0.2) is 13.2 Å². The molecular formula is C26H23NO7S. The van der Waals surface area contributed by atoms with Crippen molar-refractivity contribution < 1.29 is 32.3 Å². The van der Waals surface area contributed by atoms with Gasteiger partial charge in [0.25, 0.3) is 11.8 Å². The second-order valence-corrected chi connectivity index (χ2v) is 10.0. The van der Waals surface area contributed by atoms with Crippen molar-refractivity contribution in [1.82, 2.24) is 4.90 Å². The first-order valence-electron chi connectivity index (χ1n) is 10.9. The molecule has 9 heteroatoms. The van der Waals surface area contributed by atoms with E-state index in [2.05, 4.69) is 0 Å². The van der Waals surface area contributed by atoms with Gasteiger partial charge in [0.05, 0.1) is 42.0 Å². The Morgan fingerprint density at radius 1 is 0.886 bits per heavy atom. The molecule has 0 aliphatic carbocycles. The van der Waals surface area contributed by atoms with E-state index >= 15 is 0 Å². The van der Waals surface area contributed by atoms with Gasteiger partial charge in [0.2, 0.25) is 0 Å². The second-order valence-electron chi connectivity index (χ2n) is 7.90. The molecule has 1 heterocycles. The third-order valence-corrected chi connectivity index (χ3v) is 7.41. The Morgan fingerprint density at radius 2 is 1.51 bits per heavy atom. The molecule has 0 spiro atoms. The van der Waals surface area contributed by atoms with Crippen molar-refractivity contribution in [3.05, 3.63) is 95.1 Å². The van der Waals surface area contributed by atoms with E-state index in [9.17, 15) is 22.8 Å². The van der Waals surface area contributed by atoms with Crippen LogP contribution in [0.2, 0.25) is 0 Å². The maximum absolute atomic E-state index is 12.7. The number of methoxy groups -OCH3 is 1. The molecular weight excluding hydrogens is 470 g/mol. The topological polar surface area (TPSA) is 107 Å². The van der Waals surface area contributed by atoms with E-state index in [0.717, 1.165) is 4.90 Å². The zero-order chi connectivity index (χ0) is 25.0. The summed E-state index contributed by atoms with van der Waals surface area (Å²) in [6.07, 6.45) is 0.125. The number of imide groups is 1. The van der Waals surface area contributed by atoms with Gasteiger partial charge in [-0.1, -0.05) is 36.4 Å². The van der Waals surface area contributed by atoms with Gasteiger partial charge in [-0.3, -0.25) is 14.5 Å². The van der Waals surface area contributed by atoms with Crippen LogP contribution in [0.5, 0.6) is 5.75 Å². The minimum atomic E-state index is -3.47. The molecule has 0 atom stereocenters. The van der Waals surface area contributed by atoms with Crippen LogP contribution in [0, 0.1) is 0 Å². The minimum Gasteiger partial charge on any atom is -0.496 e. The molecule has 3 aromatic carbocycles. The summed E-state index contributed by atoms with van der Waals surface area (Å²) in [6, 6.07) is 19.4. The second kappa shape index (κ2) is 10.1. The summed E-state index contributed by atoms with van der Waals surface area (Å²) in [5, 5.41) is 0. The fraction of sp³-hybridized carbons (Fsp3) is 0.192. The first kappa shape index (κ1) is 24.2. The largest absolute Gasteiger partial charge is 0.496 e. The Bertz CT molecular complexity index is 1350. The fourth-order valence-corrected chi connectivity index (χ4v) is 5.12. The average molecular weight is 494 g/mol. The van der Waals surface area contributed by atoms with Gasteiger partial charge >= 0.3 is 5.97 Å². The lowest BCUT2D eigenvalue weighted by atomic mass is 10.1. The zero-order valence-corrected chi connectivity index (χ0v) is 19.8. The third-order valence-electron chi connectivity index (χ3n) is 5.60. The normalized spacial score (nSPS) is 13.0. The number of fused-ring (bicyclic) bond motifs is 1. The molecule has 4 rings (SSSR count). The standard InChI is InChI=1S/C26H23NO7S/c1-33-23-13-12-18(17-27-24(28)20-10-5-6-11-21(20)25(27)29)16-22(23)26(30)34-14-7-15-35(31,32)19-8-3-2-4-9-19/h2-6,8-13,16H,7,14-15,17H2,1H3. The van der Waals surface area contributed by atoms with E-state index < -0.39 is 27.6 Å². The number of ether oxygens (including phenoxy) is 2. The number of sulfone groups is 1. The molecule has 2 amide bonds. The van der Waals surface area contributed by atoms with Gasteiger partial charge in [0, 0.05) is 0 Å². The first-order chi connectivity index (χ1) is 16.8. The molecule has 0 saturated carbocycles. The number of carbonyl (C=O) groups excluding carboxylic acids is 3. The minimum absolute atomic E-state index is 0.0219. The van der Waals surface area contributed by atoms with E-state index in [0.29, 0.717) is 16.7 Å². The number of carbonyl (C=O) groups is 3. The van der Waals surface area contributed by atoms with Crippen molar-refractivity contribution >= 4 is 27.6 Å². The van der Waals surface area contributed by atoms with Crippen LogP contribution in [0.15, 0.2) is 77.7 Å². The number of hydrogen-bond acceptors (Lipinski definition) is 7. The highest BCUT2D eigenvalue weighted by Crippen LogP contribution is 2.27. The highest BCUT2D eigenvalue weighted by molar-refractivity contribution is 7.91. The highest BCUT2D eigenvalue weighted by atomic mass is 32.2. The van der Waals surface area contributed by atoms with Crippen molar-refractivity contribution in [3.63, 3.8) is 0 Å². The molecule has 8 nitrogen and oxygen atoms in total. The predicted molar refractivity (Wildman–Crippen MR) is 127 cm³/mol. The third kappa shape index (κ3) is 5.09. The van der Waals surface area contributed by atoms with Gasteiger partial charge in [-0.15, -0.1) is 0 Å². The fourth-order valence-electron chi connectivity index (χ4n) is 3.82. The van der Waals surface area contributed by atoms with Crippen LogP contribution in [-0.4, -0.2) is 50.6 Å². The monoisotopic (exact) mass is 493 g/mol. The summed E-state index contributed by atoms with van der Waals surface area (Å²) in [6.45, 7) is -0.122. The van der Waals surface area contributed by atoms with Crippen LogP contribution in [0.1, 0.15) is 43.1 Å². The molecule has 1 aliphatic rings. The van der Waals surface area contributed by atoms with Gasteiger partial charge in [0.1, 0.15) is 11.3 Å². The van der Waals surface area contributed by atoms with E-state index in [-0.39, 0.29) is 41.5 Å². The van der Waals surface area contributed by atoms with Crippen molar-refractivity contribution in [3.8, 4) is 5.75 Å². The van der Waals surface area contributed by atoms with Crippen molar-refractivity contribution in [2.24, 2.45) is 0 Å². The predicted octanol–water partition coefficient (Wildman–Crippen LogP) is 3.51. The number of hydrogen-bond donors (Lipinski definition) is 0. The summed E-state index contributed by atoms with van der Waals surface area (Å²) >= 11 is 0. The molecule has 0 radical (unpaired) electrons. The molecule has 0 aromatic heterocycles. The van der Waals surface area contributed by atoms with E-state index in [4.69, 9.17) is 9.47 Å². The Balaban J connectivity index is 1.41. The molecule has 0 saturated heterocycles. The smallest absolute Gasteiger partial charge is 0.341 e. The van der Waals surface area contributed by atoms with E-state index in [1.807, 2.05) is 0 Å². The summed E-state index contributed by atoms with van der Waals surface area (Å²) in [7, 11) is -2.07. The number of rotatable bonds is 9. The Hall–Kier alpha value is -3.98. The van der Waals surface area contributed by atoms with Crippen LogP contribution >= 0.6 is 0 Å². The zero-order valence-electron chi connectivity index (χ0n) is 19.0. The molecule has 180 valence electrons. The van der Waals surface area contributed by atoms with Crippen LogP contribution in [0.25, 0.3) is 0 Å². The van der Waals surface area contributed by atoms with Gasteiger partial charge < -0.3 is 9.47 Å². The molecule has 0 bridgehead atoms. The molecule has 3 aromatic rings. The summed E-state index contributed by atoms with van der Waals surface area (Å²) in [5.41, 5.74) is 1.35. The molecule has 1 aliphatic heterocycles. The van der Waals surface area contributed by atoms with Gasteiger partial charge in [-0.2, -0.15) is 0 Å².